The fourth-order valence-corrected chi connectivity index (χ4v) is 12.3. The Labute approximate surface area is 262 Å². The highest BCUT2D eigenvalue weighted by molar-refractivity contribution is 7.20. The zero-order chi connectivity index (χ0) is 29.8. The molecule has 2 nitrogen and oxygen atoms in total. The highest BCUT2D eigenvalue weighted by Crippen LogP contribution is 2.34. The van der Waals surface area contributed by atoms with Crippen LogP contribution in [-0.2, 0) is 0 Å². The van der Waals surface area contributed by atoms with Crippen LogP contribution in [0, 0.1) is 0 Å². The fraction of sp³-hybridized carbons (Fsp3) is 0. The average molecular weight is 591 g/mol. The molecule has 7 aromatic carbocycles. The third kappa shape index (κ3) is 3.88. The summed E-state index contributed by atoms with van der Waals surface area (Å²) in [5, 5.41) is 10.5. The van der Waals surface area contributed by atoms with Crippen molar-refractivity contribution in [3.05, 3.63) is 176 Å². The van der Waals surface area contributed by atoms with Crippen molar-refractivity contribution >= 4 is 72.4 Å². The van der Waals surface area contributed by atoms with Gasteiger partial charge in [0.2, 0.25) is 0 Å². The molecular weight excluding hydrogens is 561 g/mol. The van der Waals surface area contributed by atoms with Gasteiger partial charge in [0.05, 0.1) is 11.0 Å². The van der Waals surface area contributed by atoms with Crippen LogP contribution in [0.2, 0.25) is 0 Å². The van der Waals surface area contributed by atoms with Crippen molar-refractivity contribution in [2.45, 2.75) is 0 Å². The molecule has 2 heterocycles. The second-order valence-corrected chi connectivity index (χ2v) is 15.6. The first-order chi connectivity index (χ1) is 22.3. The lowest BCUT2D eigenvalue weighted by Crippen LogP contribution is -2.74. The highest BCUT2D eigenvalue weighted by atomic mass is 28.3. The van der Waals surface area contributed by atoms with Gasteiger partial charge in [0.25, 0.3) is 0 Å². The monoisotopic (exact) mass is 590 g/mol. The number of para-hydroxylation sites is 2. The molecule has 0 bridgehead atoms. The maximum Gasteiger partial charge on any atom is 0.179 e. The van der Waals surface area contributed by atoms with Crippen LogP contribution in [0.25, 0.3) is 49.3 Å². The number of fused-ring (bicyclic) bond motifs is 6. The molecule has 212 valence electrons. The van der Waals surface area contributed by atoms with Crippen LogP contribution in [0.1, 0.15) is 0 Å². The molecule has 0 fully saturated rings. The first kappa shape index (κ1) is 25.8. The molecule has 0 saturated carbocycles. The molecule has 0 radical (unpaired) electrons. The zero-order valence-corrected chi connectivity index (χ0v) is 25.7. The predicted molar refractivity (Wildman–Crippen MR) is 194 cm³/mol. The van der Waals surface area contributed by atoms with E-state index < -0.39 is 8.07 Å². The van der Waals surface area contributed by atoms with Gasteiger partial charge in [-0.2, -0.15) is 0 Å². The summed E-state index contributed by atoms with van der Waals surface area (Å²) in [5.41, 5.74) is 5.94. The van der Waals surface area contributed by atoms with Crippen LogP contribution in [0.5, 0.6) is 0 Å². The molecule has 0 saturated heterocycles. The maximum atomic E-state index is 3.60. The minimum Gasteiger partial charge on any atom is -0.355 e. The van der Waals surface area contributed by atoms with Gasteiger partial charge in [0.15, 0.2) is 8.07 Å². The fourth-order valence-electron chi connectivity index (χ4n) is 7.52. The van der Waals surface area contributed by atoms with Gasteiger partial charge in [-0.1, -0.05) is 140 Å². The van der Waals surface area contributed by atoms with Gasteiger partial charge in [0, 0.05) is 38.3 Å². The van der Waals surface area contributed by atoms with E-state index >= 15 is 0 Å². The molecule has 0 amide bonds. The molecule has 0 unspecified atom stereocenters. The van der Waals surface area contributed by atoms with E-state index in [-0.39, 0.29) is 0 Å². The Kier molecular flexibility index (Phi) is 5.87. The lowest BCUT2D eigenvalue weighted by atomic mass is 10.1. The summed E-state index contributed by atoms with van der Waals surface area (Å²) < 4.78 is 2.47. The lowest BCUT2D eigenvalue weighted by Gasteiger charge is -2.34. The van der Waals surface area contributed by atoms with Crippen molar-refractivity contribution < 1.29 is 0 Å². The van der Waals surface area contributed by atoms with Crippen LogP contribution >= 0.6 is 0 Å². The molecule has 0 aliphatic carbocycles. The quantitative estimate of drug-likeness (QED) is 0.156. The normalized spacial score (nSPS) is 12.0. The van der Waals surface area contributed by atoms with Crippen molar-refractivity contribution in [3.63, 3.8) is 0 Å². The van der Waals surface area contributed by atoms with E-state index in [0.29, 0.717) is 0 Å². The second kappa shape index (κ2) is 10.2. The Bertz CT molecular complexity index is 2380. The molecule has 3 heteroatoms. The summed E-state index contributed by atoms with van der Waals surface area (Å²) >= 11 is 0. The molecular formula is C42H30N2Si. The van der Waals surface area contributed by atoms with Crippen LogP contribution in [0.3, 0.4) is 0 Å². The standard InChI is InChI=1S/C42H30N2Si/c1-4-14-31(15-5-1)45(32-16-6-2-7-17-32,33-18-8-3-9-19-33)34-25-26-37-36-21-11-13-23-41(36)44(42(37)29-34)30-24-27-40-38(28-30)35-20-10-12-22-39(35)43-40/h1-29,43H. The summed E-state index contributed by atoms with van der Waals surface area (Å²) in [6.45, 7) is 0. The van der Waals surface area contributed by atoms with E-state index in [4.69, 9.17) is 0 Å². The van der Waals surface area contributed by atoms with E-state index in [0.717, 1.165) is 5.52 Å². The molecule has 1 N–H and O–H groups in total. The SMILES string of the molecule is c1ccc([Si](c2ccccc2)(c2ccccc2)c2ccc3c4ccccc4n(-c4ccc5[nH]c6ccccc6c5c4)c3c2)cc1. The Balaban J connectivity index is 1.39. The zero-order valence-electron chi connectivity index (χ0n) is 24.7. The van der Waals surface area contributed by atoms with Crippen molar-refractivity contribution in [1.82, 2.24) is 9.55 Å². The van der Waals surface area contributed by atoms with E-state index in [1.165, 1.54) is 64.5 Å². The number of aromatic amines is 1. The van der Waals surface area contributed by atoms with Gasteiger partial charge in [0.1, 0.15) is 0 Å². The summed E-state index contributed by atoms with van der Waals surface area (Å²) in [5.74, 6) is 0. The first-order valence-electron chi connectivity index (χ1n) is 15.5. The highest BCUT2D eigenvalue weighted by Gasteiger charge is 2.41. The largest absolute Gasteiger partial charge is 0.355 e. The Morgan fingerprint density at radius 2 is 0.889 bits per heavy atom. The third-order valence-electron chi connectivity index (χ3n) is 9.48. The minimum atomic E-state index is -2.68. The number of nitrogens with zero attached hydrogens (tertiary/aromatic N) is 1. The molecule has 0 aliphatic rings. The van der Waals surface area contributed by atoms with E-state index in [2.05, 4.69) is 185 Å². The molecule has 45 heavy (non-hydrogen) atoms. The smallest absolute Gasteiger partial charge is 0.179 e. The number of aromatic nitrogens is 2. The number of rotatable bonds is 5. The molecule has 0 atom stereocenters. The van der Waals surface area contributed by atoms with E-state index in [1.54, 1.807) is 0 Å². The Hall–Kier alpha value is -5.64. The molecule has 9 aromatic rings. The summed E-state index contributed by atoms with van der Waals surface area (Å²) in [6.07, 6.45) is 0. The van der Waals surface area contributed by atoms with Gasteiger partial charge in [-0.3, -0.25) is 0 Å². The van der Waals surface area contributed by atoms with Crippen LogP contribution in [0.4, 0.5) is 0 Å². The van der Waals surface area contributed by atoms with Gasteiger partial charge >= 0.3 is 0 Å². The minimum absolute atomic E-state index is 1.16. The maximum absolute atomic E-state index is 3.60. The van der Waals surface area contributed by atoms with Gasteiger partial charge in [-0.25, -0.2) is 0 Å². The Morgan fingerprint density at radius 3 is 1.56 bits per heavy atom. The number of hydrogen-bond donors (Lipinski definition) is 1. The molecule has 9 rings (SSSR count). The Morgan fingerprint density at radius 1 is 0.356 bits per heavy atom. The van der Waals surface area contributed by atoms with E-state index in [1.807, 2.05) is 0 Å². The summed E-state index contributed by atoms with van der Waals surface area (Å²) in [7, 11) is -2.68. The van der Waals surface area contributed by atoms with Crippen molar-refractivity contribution in [1.29, 1.82) is 0 Å². The van der Waals surface area contributed by atoms with Gasteiger partial charge in [-0.15, -0.1) is 0 Å². The van der Waals surface area contributed by atoms with Crippen LogP contribution < -0.4 is 20.7 Å². The average Bonchev–Trinajstić information content (AvgIpc) is 3.65. The van der Waals surface area contributed by atoms with Crippen LogP contribution in [0.15, 0.2) is 176 Å². The molecule has 0 spiro atoms. The predicted octanol–water partition coefficient (Wildman–Crippen LogP) is 7.80. The van der Waals surface area contributed by atoms with Crippen molar-refractivity contribution in [3.8, 4) is 5.69 Å². The van der Waals surface area contributed by atoms with Crippen molar-refractivity contribution in [2.24, 2.45) is 0 Å². The first-order valence-corrected chi connectivity index (χ1v) is 17.5. The topological polar surface area (TPSA) is 20.7 Å². The van der Waals surface area contributed by atoms with Gasteiger partial charge in [-0.05, 0) is 57.1 Å². The number of nitrogens with one attached hydrogen (secondary N) is 1. The third-order valence-corrected chi connectivity index (χ3v) is 14.3. The number of hydrogen-bond acceptors (Lipinski definition) is 0. The molecule has 0 aliphatic heterocycles. The van der Waals surface area contributed by atoms with E-state index in [9.17, 15) is 0 Å². The summed E-state index contributed by atoms with van der Waals surface area (Å²) in [6, 6.07) is 65.0. The second-order valence-electron chi connectivity index (χ2n) is 11.8. The molecule has 2 aromatic heterocycles. The lowest BCUT2D eigenvalue weighted by molar-refractivity contribution is 1.19. The van der Waals surface area contributed by atoms with Crippen molar-refractivity contribution in [2.75, 3.05) is 0 Å². The number of benzene rings is 7. The van der Waals surface area contributed by atoms with Gasteiger partial charge < -0.3 is 9.55 Å². The van der Waals surface area contributed by atoms with Crippen LogP contribution in [-0.4, -0.2) is 17.6 Å². The number of H-pyrrole nitrogens is 1. The summed E-state index contributed by atoms with van der Waals surface area (Å²) in [4.78, 5) is 3.60.